The average molecular weight is 166 g/mol. The van der Waals surface area contributed by atoms with Crippen molar-refractivity contribution < 1.29 is 4.79 Å². The Kier molecular flexibility index (Phi) is 3.51. The number of ketones is 1. The summed E-state index contributed by atoms with van der Waals surface area (Å²) in [5, 5.41) is 0. The highest BCUT2D eigenvalue weighted by atomic mass is 16.1. The fraction of sp³-hybridized carbons (Fsp3) is 0.727. The van der Waals surface area contributed by atoms with Gasteiger partial charge in [0.15, 0.2) is 5.78 Å². The minimum Gasteiger partial charge on any atom is -0.295 e. The predicted molar refractivity (Wildman–Crippen MR) is 51.0 cm³/mol. The van der Waals surface area contributed by atoms with Crippen molar-refractivity contribution in [3.05, 3.63) is 11.6 Å². The van der Waals surface area contributed by atoms with Gasteiger partial charge in [-0.2, -0.15) is 0 Å². The second kappa shape index (κ2) is 4.44. The van der Waals surface area contributed by atoms with Crippen LogP contribution in [0, 0.1) is 5.92 Å². The maximum absolute atomic E-state index is 11.3. The van der Waals surface area contributed by atoms with Gasteiger partial charge >= 0.3 is 0 Å². The fourth-order valence-corrected chi connectivity index (χ4v) is 1.49. The van der Waals surface area contributed by atoms with E-state index in [1.165, 1.54) is 6.42 Å². The summed E-state index contributed by atoms with van der Waals surface area (Å²) in [7, 11) is 0. The Morgan fingerprint density at radius 1 is 1.33 bits per heavy atom. The second-order valence-corrected chi connectivity index (χ2v) is 3.99. The summed E-state index contributed by atoms with van der Waals surface area (Å²) in [5.41, 5.74) is 1.09. The van der Waals surface area contributed by atoms with E-state index in [0.29, 0.717) is 11.7 Å². The number of carbonyl (C=O) groups excluding carboxylic acids is 1. The molecule has 0 aliphatic heterocycles. The first kappa shape index (κ1) is 9.50. The van der Waals surface area contributed by atoms with Crippen molar-refractivity contribution in [2.24, 2.45) is 5.92 Å². The van der Waals surface area contributed by atoms with Gasteiger partial charge in [0.2, 0.25) is 0 Å². The van der Waals surface area contributed by atoms with Crippen LogP contribution in [0.3, 0.4) is 0 Å². The summed E-state index contributed by atoms with van der Waals surface area (Å²) in [5.74, 6) is 1.06. The third kappa shape index (κ3) is 2.80. The van der Waals surface area contributed by atoms with E-state index in [-0.39, 0.29) is 0 Å². The minimum atomic E-state index is 0.391. The molecule has 0 radical (unpaired) electrons. The van der Waals surface area contributed by atoms with Gasteiger partial charge in [0, 0.05) is 6.42 Å². The zero-order valence-electron chi connectivity index (χ0n) is 8.10. The Bertz CT molecular complexity index is 189. The lowest BCUT2D eigenvalue weighted by molar-refractivity contribution is -0.116. The molecule has 1 saturated carbocycles. The van der Waals surface area contributed by atoms with Gasteiger partial charge in [0.25, 0.3) is 0 Å². The van der Waals surface area contributed by atoms with Crippen LogP contribution in [-0.4, -0.2) is 5.78 Å². The van der Waals surface area contributed by atoms with E-state index in [1.54, 1.807) is 0 Å². The molecule has 1 aliphatic rings. The van der Waals surface area contributed by atoms with Crippen molar-refractivity contribution in [1.82, 2.24) is 0 Å². The summed E-state index contributed by atoms with van der Waals surface area (Å²) < 4.78 is 0. The molecule has 0 unspecified atom stereocenters. The first-order valence-electron chi connectivity index (χ1n) is 4.92. The van der Waals surface area contributed by atoms with E-state index in [1.807, 2.05) is 0 Å². The topological polar surface area (TPSA) is 17.1 Å². The van der Waals surface area contributed by atoms with Gasteiger partial charge in [0.05, 0.1) is 0 Å². The molecular formula is C11H18O. The summed E-state index contributed by atoms with van der Waals surface area (Å²) >= 11 is 0. The standard InChI is InChI=1S/C11H18O/c1-9(2)7-8-10-5-3-4-6-11(10)12/h8-9H,3-7H2,1-2H3/b10-8+. The Hall–Kier alpha value is -0.590. The number of hydrogen-bond acceptors (Lipinski definition) is 1. The van der Waals surface area contributed by atoms with Crippen LogP contribution in [0.2, 0.25) is 0 Å². The van der Waals surface area contributed by atoms with Gasteiger partial charge in [-0.15, -0.1) is 0 Å². The molecule has 0 heterocycles. The molecule has 1 heteroatoms. The molecule has 0 saturated heterocycles. The Balaban J connectivity index is 2.47. The monoisotopic (exact) mass is 166 g/mol. The summed E-state index contributed by atoms with van der Waals surface area (Å²) in [6.07, 6.45) is 7.30. The van der Waals surface area contributed by atoms with E-state index in [0.717, 1.165) is 31.3 Å². The van der Waals surface area contributed by atoms with Crippen LogP contribution in [0.25, 0.3) is 0 Å². The number of carbonyl (C=O) groups is 1. The molecule has 0 atom stereocenters. The van der Waals surface area contributed by atoms with Crippen molar-refractivity contribution in [1.29, 1.82) is 0 Å². The van der Waals surface area contributed by atoms with Crippen molar-refractivity contribution in [3.63, 3.8) is 0 Å². The lowest BCUT2D eigenvalue weighted by Crippen LogP contribution is -2.08. The van der Waals surface area contributed by atoms with Crippen LogP contribution >= 0.6 is 0 Å². The molecule has 0 aromatic carbocycles. The van der Waals surface area contributed by atoms with Gasteiger partial charge in [-0.3, -0.25) is 4.79 Å². The maximum atomic E-state index is 11.3. The van der Waals surface area contributed by atoms with Gasteiger partial charge < -0.3 is 0 Å². The van der Waals surface area contributed by atoms with Crippen LogP contribution in [0.1, 0.15) is 46.0 Å². The minimum absolute atomic E-state index is 0.391. The molecule has 1 fully saturated rings. The molecule has 1 rings (SSSR count). The highest BCUT2D eigenvalue weighted by Crippen LogP contribution is 2.20. The SMILES string of the molecule is CC(C)C/C=C1\CCCCC1=O. The highest BCUT2D eigenvalue weighted by Gasteiger charge is 2.13. The van der Waals surface area contributed by atoms with Crippen molar-refractivity contribution in [2.45, 2.75) is 46.0 Å². The zero-order chi connectivity index (χ0) is 8.97. The zero-order valence-corrected chi connectivity index (χ0v) is 8.10. The molecule has 68 valence electrons. The van der Waals surface area contributed by atoms with E-state index in [4.69, 9.17) is 0 Å². The molecule has 0 aromatic heterocycles. The molecule has 1 nitrogen and oxygen atoms in total. The Labute approximate surface area is 74.9 Å². The van der Waals surface area contributed by atoms with Gasteiger partial charge in [-0.25, -0.2) is 0 Å². The van der Waals surface area contributed by atoms with E-state index >= 15 is 0 Å². The predicted octanol–water partition coefficient (Wildman–Crippen LogP) is 3.10. The summed E-state index contributed by atoms with van der Waals surface area (Å²) in [6, 6.07) is 0. The Morgan fingerprint density at radius 2 is 2.00 bits per heavy atom. The smallest absolute Gasteiger partial charge is 0.158 e. The first-order chi connectivity index (χ1) is 5.70. The largest absolute Gasteiger partial charge is 0.295 e. The highest BCUT2D eigenvalue weighted by molar-refractivity contribution is 5.95. The third-order valence-electron chi connectivity index (χ3n) is 2.29. The van der Waals surface area contributed by atoms with Crippen LogP contribution < -0.4 is 0 Å². The fourth-order valence-electron chi connectivity index (χ4n) is 1.49. The lowest BCUT2D eigenvalue weighted by atomic mass is 9.92. The summed E-state index contributed by atoms with van der Waals surface area (Å²) in [4.78, 5) is 11.3. The second-order valence-electron chi connectivity index (χ2n) is 3.99. The van der Waals surface area contributed by atoms with Crippen molar-refractivity contribution in [2.75, 3.05) is 0 Å². The Morgan fingerprint density at radius 3 is 2.58 bits per heavy atom. The molecule has 12 heavy (non-hydrogen) atoms. The maximum Gasteiger partial charge on any atom is 0.158 e. The van der Waals surface area contributed by atoms with Crippen LogP contribution in [0.4, 0.5) is 0 Å². The van der Waals surface area contributed by atoms with E-state index < -0.39 is 0 Å². The number of Topliss-reactive ketones (excluding diaryl/α,β-unsaturated/α-hetero) is 1. The molecule has 0 bridgehead atoms. The number of hydrogen-bond donors (Lipinski definition) is 0. The van der Waals surface area contributed by atoms with Crippen molar-refractivity contribution in [3.8, 4) is 0 Å². The van der Waals surface area contributed by atoms with E-state index in [2.05, 4.69) is 19.9 Å². The van der Waals surface area contributed by atoms with Crippen LogP contribution in [0.15, 0.2) is 11.6 Å². The molecular weight excluding hydrogens is 148 g/mol. The van der Waals surface area contributed by atoms with Gasteiger partial charge in [-0.05, 0) is 37.2 Å². The van der Waals surface area contributed by atoms with Gasteiger partial charge in [-0.1, -0.05) is 19.9 Å². The first-order valence-corrected chi connectivity index (χ1v) is 4.92. The third-order valence-corrected chi connectivity index (χ3v) is 2.29. The molecule has 1 aliphatic carbocycles. The molecule has 0 amide bonds. The van der Waals surface area contributed by atoms with E-state index in [9.17, 15) is 4.79 Å². The average Bonchev–Trinajstić information content (AvgIpc) is 2.03. The van der Waals surface area contributed by atoms with Crippen LogP contribution in [0.5, 0.6) is 0 Å². The number of allylic oxidation sites excluding steroid dienone is 2. The molecule has 0 N–H and O–H groups in total. The lowest BCUT2D eigenvalue weighted by Gasteiger charge is -2.12. The normalized spacial score (nSPS) is 22.2. The quantitative estimate of drug-likeness (QED) is 0.576. The van der Waals surface area contributed by atoms with Crippen LogP contribution in [-0.2, 0) is 4.79 Å². The van der Waals surface area contributed by atoms with Crippen molar-refractivity contribution >= 4 is 5.78 Å². The van der Waals surface area contributed by atoms with Gasteiger partial charge in [0.1, 0.15) is 0 Å². The molecule has 0 aromatic rings. The summed E-state index contributed by atoms with van der Waals surface area (Å²) in [6.45, 7) is 4.37. The molecule has 0 spiro atoms. The number of rotatable bonds is 2.